The second-order valence-corrected chi connectivity index (χ2v) is 4.88. The molecule has 0 radical (unpaired) electrons. The summed E-state index contributed by atoms with van der Waals surface area (Å²) < 4.78 is 7.19. The van der Waals surface area contributed by atoms with Gasteiger partial charge >= 0.3 is 0 Å². The van der Waals surface area contributed by atoms with Gasteiger partial charge in [0.15, 0.2) is 5.82 Å². The molecule has 1 atom stereocenters. The smallest absolute Gasteiger partial charge is 0.260 e. The van der Waals surface area contributed by atoms with Crippen LogP contribution < -0.4 is 5.32 Å². The molecule has 0 saturated carbocycles. The minimum atomic E-state index is 0. The Hall–Kier alpha value is -2.18. The number of hydrogen-bond acceptors (Lipinski definition) is 5. The van der Waals surface area contributed by atoms with E-state index in [0.717, 1.165) is 17.7 Å². The summed E-state index contributed by atoms with van der Waals surface area (Å²) in [5.74, 6) is 1.21. The molecule has 0 bridgehead atoms. The summed E-state index contributed by atoms with van der Waals surface area (Å²) in [6.07, 6.45) is 4.35. The number of aromatic nitrogens is 4. The molecule has 3 aromatic rings. The van der Waals surface area contributed by atoms with Gasteiger partial charge in [-0.15, -0.1) is 12.4 Å². The van der Waals surface area contributed by atoms with Gasteiger partial charge < -0.3 is 9.84 Å². The van der Waals surface area contributed by atoms with Gasteiger partial charge in [-0.25, -0.2) is 4.68 Å². The van der Waals surface area contributed by atoms with Gasteiger partial charge in [0.25, 0.3) is 5.89 Å². The van der Waals surface area contributed by atoms with E-state index in [4.69, 9.17) is 4.52 Å². The van der Waals surface area contributed by atoms with Crippen LogP contribution in [0.25, 0.3) is 17.1 Å². The first-order valence-electron chi connectivity index (χ1n) is 6.87. The van der Waals surface area contributed by atoms with Crippen LogP contribution in [0.1, 0.15) is 12.7 Å². The first-order valence-corrected chi connectivity index (χ1v) is 6.87. The second-order valence-electron chi connectivity index (χ2n) is 4.88. The van der Waals surface area contributed by atoms with Gasteiger partial charge in [-0.1, -0.05) is 17.3 Å². The fourth-order valence-corrected chi connectivity index (χ4v) is 2.09. The molecule has 7 heteroatoms. The molecule has 1 unspecified atom stereocenters. The van der Waals surface area contributed by atoms with E-state index in [1.165, 1.54) is 0 Å². The van der Waals surface area contributed by atoms with Crippen molar-refractivity contribution in [2.24, 2.45) is 0 Å². The van der Waals surface area contributed by atoms with E-state index >= 15 is 0 Å². The summed E-state index contributed by atoms with van der Waals surface area (Å²) in [5.41, 5.74) is 1.79. The van der Waals surface area contributed by atoms with Crippen molar-refractivity contribution in [3.05, 3.63) is 48.5 Å². The number of nitrogens with one attached hydrogen (secondary N) is 1. The van der Waals surface area contributed by atoms with Crippen LogP contribution in [0.15, 0.2) is 47.2 Å². The Morgan fingerprint density at radius 1 is 1.27 bits per heavy atom. The summed E-state index contributed by atoms with van der Waals surface area (Å²) in [4.78, 5) is 4.48. The Morgan fingerprint density at radius 2 is 2.09 bits per heavy atom. The number of hydrogen-bond donors (Lipinski definition) is 1. The fraction of sp³-hybridized carbons (Fsp3) is 0.267. The van der Waals surface area contributed by atoms with Crippen molar-refractivity contribution in [2.45, 2.75) is 19.4 Å². The van der Waals surface area contributed by atoms with E-state index in [2.05, 4.69) is 27.5 Å². The number of halogens is 1. The Balaban J connectivity index is 0.00000176. The minimum absolute atomic E-state index is 0. The molecule has 0 saturated heterocycles. The zero-order valence-corrected chi connectivity index (χ0v) is 13.2. The molecule has 3 rings (SSSR count). The third kappa shape index (κ3) is 3.35. The van der Waals surface area contributed by atoms with Crippen molar-refractivity contribution in [2.75, 3.05) is 7.05 Å². The normalized spacial score (nSPS) is 11.9. The van der Waals surface area contributed by atoms with Gasteiger partial charge in [0, 0.05) is 24.9 Å². The van der Waals surface area contributed by atoms with Gasteiger partial charge in [0.1, 0.15) is 0 Å². The Labute approximate surface area is 135 Å². The average Bonchev–Trinajstić information content (AvgIpc) is 3.18. The molecule has 22 heavy (non-hydrogen) atoms. The predicted octanol–water partition coefficient (Wildman–Crippen LogP) is 2.49. The van der Waals surface area contributed by atoms with E-state index in [-0.39, 0.29) is 12.4 Å². The first-order chi connectivity index (χ1) is 10.3. The van der Waals surface area contributed by atoms with E-state index in [0.29, 0.717) is 17.8 Å². The molecule has 1 N–H and O–H groups in total. The summed E-state index contributed by atoms with van der Waals surface area (Å²) >= 11 is 0. The zero-order chi connectivity index (χ0) is 14.7. The van der Waals surface area contributed by atoms with E-state index in [9.17, 15) is 0 Å². The summed E-state index contributed by atoms with van der Waals surface area (Å²) in [7, 11) is 1.92. The number of nitrogens with zero attached hydrogens (tertiary/aromatic N) is 4. The SMILES string of the molecule is CNC(C)Cc1noc(-c2ccccc2-n2cccn2)n1.Cl. The van der Waals surface area contributed by atoms with Crippen molar-refractivity contribution in [1.82, 2.24) is 25.2 Å². The van der Waals surface area contributed by atoms with E-state index in [1.807, 2.05) is 43.6 Å². The van der Waals surface area contributed by atoms with Crippen LogP contribution in [-0.4, -0.2) is 33.0 Å². The Bertz CT molecular complexity index is 710. The fourth-order valence-electron chi connectivity index (χ4n) is 2.09. The average molecular weight is 320 g/mol. The molecular weight excluding hydrogens is 302 g/mol. The molecule has 0 fully saturated rings. The van der Waals surface area contributed by atoms with Crippen molar-refractivity contribution >= 4 is 12.4 Å². The van der Waals surface area contributed by atoms with Crippen LogP contribution in [0.2, 0.25) is 0 Å². The van der Waals surface area contributed by atoms with E-state index < -0.39 is 0 Å². The lowest BCUT2D eigenvalue weighted by Crippen LogP contribution is -2.24. The van der Waals surface area contributed by atoms with Crippen molar-refractivity contribution in [3.63, 3.8) is 0 Å². The van der Waals surface area contributed by atoms with E-state index in [1.54, 1.807) is 10.9 Å². The lowest BCUT2D eigenvalue weighted by molar-refractivity contribution is 0.418. The van der Waals surface area contributed by atoms with Gasteiger partial charge in [0.2, 0.25) is 0 Å². The summed E-state index contributed by atoms with van der Waals surface area (Å²) in [5, 5.41) is 11.5. The van der Waals surface area contributed by atoms with Crippen LogP contribution in [0, 0.1) is 0 Å². The maximum absolute atomic E-state index is 5.40. The Morgan fingerprint density at radius 3 is 2.82 bits per heavy atom. The molecule has 2 aromatic heterocycles. The molecule has 0 aliphatic heterocycles. The topological polar surface area (TPSA) is 68.8 Å². The molecule has 0 amide bonds. The second kappa shape index (κ2) is 7.20. The molecular formula is C15H18ClN5O. The van der Waals surface area contributed by atoms with Crippen molar-refractivity contribution in [1.29, 1.82) is 0 Å². The molecule has 0 aliphatic carbocycles. The van der Waals surface area contributed by atoms with Crippen LogP contribution in [0.4, 0.5) is 0 Å². The van der Waals surface area contributed by atoms with Gasteiger partial charge in [-0.2, -0.15) is 10.1 Å². The highest BCUT2D eigenvalue weighted by Crippen LogP contribution is 2.24. The van der Waals surface area contributed by atoms with Crippen LogP contribution in [0.3, 0.4) is 0 Å². The quantitative estimate of drug-likeness (QED) is 0.782. The lowest BCUT2D eigenvalue weighted by Gasteiger charge is -2.06. The highest BCUT2D eigenvalue weighted by molar-refractivity contribution is 5.85. The first kappa shape index (κ1) is 16.2. The van der Waals surface area contributed by atoms with Crippen LogP contribution in [-0.2, 0) is 6.42 Å². The minimum Gasteiger partial charge on any atom is -0.334 e. The molecule has 0 aliphatic rings. The predicted molar refractivity (Wildman–Crippen MR) is 86.3 cm³/mol. The highest BCUT2D eigenvalue weighted by Gasteiger charge is 2.15. The molecule has 2 heterocycles. The highest BCUT2D eigenvalue weighted by atomic mass is 35.5. The van der Waals surface area contributed by atoms with Gasteiger partial charge in [-0.3, -0.25) is 0 Å². The standard InChI is InChI=1S/C15H17N5O.ClH/c1-11(16-2)10-14-18-15(21-19-14)12-6-3-4-7-13(12)20-9-5-8-17-20;/h3-9,11,16H,10H2,1-2H3;1H. The number of rotatable bonds is 5. The maximum Gasteiger partial charge on any atom is 0.260 e. The third-order valence-electron chi connectivity index (χ3n) is 3.34. The number of likely N-dealkylation sites (N-methyl/N-ethyl adjacent to an activating group) is 1. The van der Waals surface area contributed by atoms with Crippen molar-refractivity contribution in [3.8, 4) is 17.1 Å². The number of benzene rings is 1. The summed E-state index contributed by atoms with van der Waals surface area (Å²) in [6.45, 7) is 2.08. The number of para-hydroxylation sites is 1. The molecule has 116 valence electrons. The summed E-state index contributed by atoms with van der Waals surface area (Å²) in [6, 6.07) is 10.0. The maximum atomic E-state index is 5.40. The Kier molecular flexibility index (Phi) is 5.30. The largest absolute Gasteiger partial charge is 0.334 e. The third-order valence-corrected chi connectivity index (χ3v) is 3.34. The molecule has 6 nitrogen and oxygen atoms in total. The molecule has 0 spiro atoms. The zero-order valence-electron chi connectivity index (χ0n) is 12.4. The monoisotopic (exact) mass is 319 g/mol. The molecule has 1 aromatic carbocycles. The van der Waals surface area contributed by atoms with Crippen LogP contribution >= 0.6 is 12.4 Å². The van der Waals surface area contributed by atoms with Crippen LogP contribution in [0.5, 0.6) is 0 Å². The lowest BCUT2D eigenvalue weighted by atomic mass is 10.1. The van der Waals surface area contributed by atoms with Crippen molar-refractivity contribution < 1.29 is 4.52 Å². The van der Waals surface area contributed by atoms with Gasteiger partial charge in [0.05, 0.1) is 11.3 Å². The van der Waals surface area contributed by atoms with Gasteiger partial charge in [-0.05, 0) is 32.2 Å².